The van der Waals surface area contributed by atoms with E-state index in [0.717, 1.165) is 16.1 Å². The summed E-state index contributed by atoms with van der Waals surface area (Å²) < 4.78 is 25.4. The molecule has 0 unspecified atom stereocenters. The Hall–Kier alpha value is -3.04. The summed E-state index contributed by atoms with van der Waals surface area (Å²) in [5.41, 5.74) is 2.38. The zero-order valence-corrected chi connectivity index (χ0v) is 17.0. The number of hydrogen-bond donors (Lipinski definition) is 1. The quantitative estimate of drug-likeness (QED) is 0.632. The molecule has 1 amide bonds. The molecular weight excluding hydrogens is 408 g/mol. The smallest absolute Gasteiger partial charge is 0.250 e. The summed E-state index contributed by atoms with van der Waals surface area (Å²) in [7, 11) is -3.19. The van der Waals surface area contributed by atoms with Crippen LogP contribution in [0, 0.1) is 0 Å². The Morgan fingerprint density at radius 2 is 1.83 bits per heavy atom. The molecule has 1 aliphatic rings. The first-order valence-corrected chi connectivity index (χ1v) is 11.4. The van der Waals surface area contributed by atoms with Gasteiger partial charge in [-0.05, 0) is 30.2 Å². The van der Waals surface area contributed by atoms with Gasteiger partial charge in [0.1, 0.15) is 5.01 Å². The lowest BCUT2D eigenvalue weighted by Gasteiger charge is -2.16. The molecule has 2 heterocycles. The molecule has 29 heavy (non-hydrogen) atoms. The molecule has 1 aromatic heterocycles. The van der Waals surface area contributed by atoms with Gasteiger partial charge in [0, 0.05) is 18.2 Å². The third-order valence-electron chi connectivity index (χ3n) is 4.38. The number of carbonyl (C=O) groups is 1. The molecule has 1 saturated heterocycles. The van der Waals surface area contributed by atoms with E-state index in [1.165, 1.54) is 21.7 Å². The molecule has 3 aromatic rings. The van der Waals surface area contributed by atoms with Crippen LogP contribution >= 0.6 is 11.3 Å². The average Bonchev–Trinajstić information content (AvgIpc) is 3.33. The van der Waals surface area contributed by atoms with E-state index in [2.05, 4.69) is 15.5 Å². The number of nitrogens with zero attached hydrogens (tertiary/aromatic N) is 3. The third-order valence-corrected chi connectivity index (χ3v) is 7.14. The van der Waals surface area contributed by atoms with Crippen LogP contribution < -0.4 is 9.62 Å². The Balaban J connectivity index is 1.38. The van der Waals surface area contributed by atoms with Gasteiger partial charge in [-0.3, -0.25) is 14.4 Å². The summed E-state index contributed by atoms with van der Waals surface area (Å²) in [5, 5.41) is 11.9. The standard InChI is InChI=1S/C20H18N4O3S2/c25-18(21-20-23-22-19(28-20)16-5-2-1-3-6-16)12-9-15-7-10-17(11-8-15)24-13-4-14-29(24,26)27/h1-3,5-12H,4,13-14H2,(H,21,23,25)/b12-9+. The fourth-order valence-corrected chi connectivity index (χ4v) is 5.29. The third kappa shape index (κ3) is 4.52. The predicted octanol–water partition coefficient (Wildman–Crippen LogP) is 3.40. The molecule has 0 atom stereocenters. The summed E-state index contributed by atoms with van der Waals surface area (Å²) in [6.45, 7) is 0.507. The molecule has 0 radical (unpaired) electrons. The summed E-state index contributed by atoms with van der Waals surface area (Å²) in [5.74, 6) is -0.126. The minimum atomic E-state index is -3.19. The molecule has 4 rings (SSSR count). The van der Waals surface area contributed by atoms with E-state index in [-0.39, 0.29) is 11.7 Å². The minimum absolute atomic E-state index is 0.187. The molecular formula is C20H18N4O3S2. The van der Waals surface area contributed by atoms with Crippen molar-refractivity contribution in [3.63, 3.8) is 0 Å². The largest absolute Gasteiger partial charge is 0.297 e. The van der Waals surface area contributed by atoms with Crippen molar-refractivity contribution >= 4 is 44.2 Å². The van der Waals surface area contributed by atoms with Crippen LogP contribution in [0.1, 0.15) is 12.0 Å². The minimum Gasteiger partial charge on any atom is -0.297 e. The molecule has 0 spiro atoms. The van der Waals surface area contributed by atoms with Crippen LogP contribution in [0.25, 0.3) is 16.6 Å². The predicted molar refractivity (Wildman–Crippen MR) is 115 cm³/mol. The fraction of sp³-hybridized carbons (Fsp3) is 0.150. The highest BCUT2D eigenvalue weighted by atomic mass is 32.2. The number of anilines is 2. The first kappa shape index (κ1) is 19.3. The van der Waals surface area contributed by atoms with Crippen LogP contribution in [0.5, 0.6) is 0 Å². The summed E-state index contributed by atoms with van der Waals surface area (Å²) in [6.07, 6.45) is 3.71. The van der Waals surface area contributed by atoms with Crippen molar-refractivity contribution in [3.05, 3.63) is 66.2 Å². The molecule has 0 aliphatic carbocycles. The van der Waals surface area contributed by atoms with Gasteiger partial charge in [-0.25, -0.2) is 8.42 Å². The van der Waals surface area contributed by atoms with Gasteiger partial charge in [0.25, 0.3) is 0 Å². The Labute approximate surface area is 172 Å². The van der Waals surface area contributed by atoms with Gasteiger partial charge in [-0.15, -0.1) is 10.2 Å². The second-order valence-corrected chi connectivity index (χ2v) is 9.42. The van der Waals surface area contributed by atoms with Crippen molar-refractivity contribution in [1.82, 2.24) is 10.2 Å². The van der Waals surface area contributed by atoms with Crippen molar-refractivity contribution in [2.75, 3.05) is 21.9 Å². The Kier molecular flexibility index (Phi) is 5.41. The highest BCUT2D eigenvalue weighted by molar-refractivity contribution is 7.93. The van der Waals surface area contributed by atoms with Gasteiger partial charge in [0.2, 0.25) is 21.1 Å². The Bertz CT molecular complexity index is 1140. The molecule has 1 fully saturated rings. The lowest BCUT2D eigenvalue weighted by atomic mass is 10.2. The van der Waals surface area contributed by atoms with E-state index in [1.54, 1.807) is 30.3 Å². The van der Waals surface area contributed by atoms with Gasteiger partial charge in [0.15, 0.2) is 0 Å². The Morgan fingerprint density at radius 1 is 1.07 bits per heavy atom. The van der Waals surface area contributed by atoms with Crippen molar-refractivity contribution < 1.29 is 13.2 Å². The lowest BCUT2D eigenvalue weighted by molar-refractivity contribution is -0.111. The first-order chi connectivity index (χ1) is 14.0. The van der Waals surface area contributed by atoms with E-state index in [9.17, 15) is 13.2 Å². The summed E-state index contributed by atoms with van der Waals surface area (Å²) in [6, 6.07) is 16.7. The zero-order valence-electron chi connectivity index (χ0n) is 15.4. The maximum Gasteiger partial charge on any atom is 0.250 e. The van der Waals surface area contributed by atoms with Crippen LogP contribution in [0.4, 0.5) is 10.8 Å². The fourth-order valence-electron chi connectivity index (χ4n) is 2.97. The van der Waals surface area contributed by atoms with Gasteiger partial charge in [-0.2, -0.15) is 0 Å². The van der Waals surface area contributed by atoms with Crippen molar-refractivity contribution in [2.24, 2.45) is 0 Å². The van der Waals surface area contributed by atoms with Crippen LogP contribution in [-0.2, 0) is 14.8 Å². The van der Waals surface area contributed by atoms with Crippen LogP contribution in [0.3, 0.4) is 0 Å². The van der Waals surface area contributed by atoms with Crippen molar-refractivity contribution in [2.45, 2.75) is 6.42 Å². The maximum atomic E-state index is 12.1. The number of amides is 1. The van der Waals surface area contributed by atoms with E-state index >= 15 is 0 Å². The van der Waals surface area contributed by atoms with E-state index in [1.807, 2.05) is 30.3 Å². The Morgan fingerprint density at radius 3 is 2.52 bits per heavy atom. The monoisotopic (exact) mass is 426 g/mol. The van der Waals surface area contributed by atoms with E-state index in [4.69, 9.17) is 0 Å². The van der Waals surface area contributed by atoms with Gasteiger partial charge in [-0.1, -0.05) is 53.8 Å². The van der Waals surface area contributed by atoms with Crippen molar-refractivity contribution in [3.8, 4) is 10.6 Å². The number of nitrogens with one attached hydrogen (secondary N) is 1. The van der Waals surface area contributed by atoms with Gasteiger partial charge < -0.3 is 0 Å². The second kappa shape index (κ2) is 8.14. The van der Waals surface area contributed by atoms with Crippen molar-refractivity contribution in [1.29, 1.82) is 0 Å². The molecule has 1 aliphatic heterocycles. The highest BCUT2D eigenvalue weighted by Crippen LogP contribution is 2.26. The summed E-state index contributed by atoms with van der Waals surface area (Å²) in [4.78, 5) is 12.1. The van der Waals surface area contributed by atoms with Crippen LogP contribution in [-0.4, -0.2) is 36.8 Å². The maximum absolute atomic E-state index is 12.1. The molecule has 148 valence electrons. The summed E-state index contributed by atoms with van der Waals surface area (Å²) >= 11 is 1.30. The number of benzene rings is 2. The first-order valence-electron chi connectivity index (χ1n) is 9.00. The molecule has 2 aromatic carbocycles. The molecule has 9 heteroatoms. The number of rotatable bonds is 5. The van der Waals surface area contributed by atoms with Gasteiger partial charge >= 0.3 is 0 Å². The normalized spacial score (nSPS) is 15.7. The molecule has 1 N–H and O–H groups in total. The lowest BCUT2D eigenvalue weighted by Crippen LogP contribution is -2.24. The highest BCUT2D eigenvalue weighted by Gasteiger charge is 2.28. The second-order valence-electron chi connectivity index (χ2n) is 6.43. The van der Waals surface area contributed by atoms with E-state index < -0.39 is 10.0 Å². The number of carbonyl (C=O) groups excluding carboxylic acids is 1. The van der Waals surface area contributed by atoms with E-state index in [0.29, 0.717) is 23.8 Å². The molecule has 0 bridgehead atoms. The average molecular weight is 427 g/mol. The number of aromatic nitrogens is 2. The number of sulfonamides is 1. The SMILES string of the molecule is O=C(/C=C/c1ccc(N2CCCS2(=O)=O)cc1)Nc1nnc(-c2ccccc2)s1. The van der Waals surface area contributed by atoms with Gasteiger partial charge in [0.05, 0.1) is 11.4 Å². The van der Waals surface area contributed by atoms with Crippen LogP contribution in [0.2, 0.25) is 0 Å². The van der Waals surface area contributed by atoms with Crippen LogP contribution in [0.15, 0.2) is 60.7 Å². The molecule has 0 saturated carbocycles. The molecule has 7 nitrogen and oxygen atoms in total. The number of hydrogen-bond acceptors (Lipinski definition) is 6. The zero-order chi connectivity index (χ0) is 20.3. The topological polar surface area (TPSA) is 92.3 Å².